The van der Waals surface area contributed by atoms with Gasteiger partial charge in [-0.3, -0.25) is 14.5 Å². The molecule has 1 aliphatic heterocycles. The third-order valence-corrected chi connectivity index (χ3v) is 7.36. The molecule has 0 radical (unpaired) electrons. The number of hydrogen-bond donors (Lipinski definition) is 1. The number of carbonyl (C=O) groups is 2. The predicted octanol–water partition coefficient (Wildman–Crippen LogP) is 5.11. The fourth-order valence-electron chi connectivity index (χ4n) is 4.30. The quantitative estimate of drug-likeness (QED) is 0.700. The van der Waals surface area contributed by atoms with Crippen LogP contribution in [0, 0.1) is 11.8 Å². The topological polar surface area (TPSA) is 49.4 Å². The van der Waals surface area contributed by atoms with Crippen LogP contribution in [0.3, 0.4) is 0 Å². The van der Waals surface area contributed by atoms with E-state index in [0.717, 1.165) is 29.0 Å². The number of benzene rings is 2. The molecule has 0 bridgehead atoms. The molecule has 2 aliphatic rings. The molecule has 1 saturated carbocycles. The molecule has 0 spiro atoms. The van der Waals surface area contributed by atoms with Gasteiger partial charge in [0, 0.05) is 10.9 Å². The van der Waals surface area contributed by atoms with E-state index in [2.05, 4.69) is 19.2 Å². The number of amides is 2. The summed E-state index contributed by atoms with van der Waals surface area (Å²) in [6.07, 6.45) is 5.27. The SMILES string of the molecule is C[C@H]1[C@H](C)CCC[C@H]1NC(=O)CN1C(=O)/C(=C/c2ccccc2)Sc2ccccc21. The predicted molar refractivity (Wildman–Crippen MR) is 123 cm³/mol. The van der Waals surface area contributed by atoms with Crippen LogP contribution in [-0.2, 0) is 9.59 Å². The first-order chi connectivity index (χ1) is 14.5. The molecule has 1 fully saturated rings. The van der Waals surface area contributed by atoms with Gasteiger partial charge in [0.25, 0.3) is 5.91 Å². The molecule has 156 valence electrons. The van der Waals surface area contributed by atoms with Gasteiger partial charge in [-0.15, -0.1) is 0 Å². The number of fused-ring (bicyclic) bond motifs is 1. The normalized spacial score (nSPS) is 25.1. The average Bonchev–Trinajstić information content (AvgIpc) is 2.75. The lowest BCUT2D eigenvalue weighted by Gasteiger charge is -2.35. The smallest absolute Gasteiger partial charge is 0.265 e. The number of nitrogens with one attached hydrogen (secondary N) is 1. The fraction of sp³-hybridized carbons (Fsp3) is 0.360. The minimum Gasteiger partial charge on any atom is -0.352 e. The van der Waals surface area contributed by atoms with Gasteiger partial charge in [0.1, 0.15) is 6.54 Å². The van der Waals surface area contributed by atoms with E-state index in [0.29, 0.717) is 16.7 Å². The Kier molecular flexibility index (Phi) is 6.28. The average molecular weight is 421 g/mol. The highest BCUT2D eigenvalue weighted by Gasteiger charge is 2.32. The van der Waals surface area contributed by atoms with Gasteiger partial charge in [0.2, 0.25) is 5.91 Å². The van der Waals surface area contributed by atoms with Crippen LogP contribution in [0.2, 0.25) is 0 Å². The van der Waals surface area contributed by atoms with Crippen LogP contribution in [0.1, 0.15) is 38.7 Å². The van der Waals surface area contributed by atoms with Crippen LogP contribution in [-0.4, -0.2) is 24.4 Å². The highest BCUT2D eigenvalue weighted by molar-refractivity contribution is 8.04. The lowest BCUT2D eigenvalue weighted by Crippen LogP contribution is -2.49. The van der Waals surface area contributed by atoms with Crippen molar-refractivity contribution in [3.05, 3.63) is 65.1 Å². The van der Waals surface area contributed by atoms with Gasteiger partial charge in [-0.1, -0.05) is 80.9 Å². The summed E-state index contributed by atoms with van der Waals surface area (Å²) in [7, 11) is 0. The van der Waals surface area contributed by atoms with Gasteiger partial charge in [0.15, 0.2) is 0 Å². The van der Waals surface area contributed by atoms with E-state index in [-0.39, 0.29) is 24.4 Å². The second-order valence-corrected chi connectivity index (χ2v) is 9.41. The highest BCUT2D eigenvalue weighted by atomic mass is 32.2. The molecule has 0 unspecified atom stereocenters. The summed E-state index contributed by atoms with van der Waals surface area (Å²) < 4.78 is 0. The number of rotatable bonds is 4. The second-order valence-electron chi connectivity index (χ2n) is 8.32. The molecule has 1 N–H and O–H groups in total. The third kappa shape index (κ3) is 4.46. The number of thioether (sulfide) groups is 1. The van der Waals surface area contributed by atoms with Crippen molar-refractivity contribution in [2.75, 3.05) is 11.4 Å². The maximum atomic E-state index is 13.3. The zero-order valence-electron chi connectivity index (χ0n) is 17.5. The minimum absolute atomic E-state index is 0.0418. The van der Waals surface area contributed by atoms with Crippen LogP contribution in [0.4, 0.5) is 5.69 Å². The summed E-state index contributed by atoms with van der Waals surface area (Å²) in [5.41, 5.74) is 1.78. The monoisotopic (exact) mass is 420 g/mol. The summed E-state index contributed by atoms with van der Waals surface area (Å²) in [4.78, 5) is 29.5. The lowest BCUT2D eigenvalue weighted by molar-refractivity contribution is -0.123. The van der Waals surface area contributed by atoms with Crippen molar-refractivity contribution >= 4 is 35.3 Å². The first-order valence-electron chi connectivity index (χ1n) is 10.7. The molecule has 1 heterocycles. The van der Waals surface area contributed by atoms with E-state index >= 15 is 0 Å². The molecule has 4 rings (SSSR count). The van der Waals surface area contributed by atoms with E-state index in [1.807, 2.05) is 60.7 Å². The summed E-state index contributed by atoms with van der Waals surface area (Å²) in [6.45, 7) is 4.51. The highest BCUT2D eigenvalue weighted by Crippen LogP contribution is 2.42. The van der Waals surface area contributed by atoms with E-state index in [1.165, 1.54) is 18.2 Å². The third-order valence-electron chi connectivity index (χ3n) is 6.28. The van der Waals surface area contributed by atoms with Crippen molar-refractivity contribution in [1.29, 1.82) is 0 Å². The van der Waals surface area contributed by atoms with Gasteiger partial charge in [-0.2, -0.15) is 0 Å². The first-order valence-corrected chi connectivity index (χ1v) is 11.5. The maximum absolute atomic E-state index is 13.3. The van der Waals surface area contributed by atoms with Crippen molar-refractivity contribution in [3.8, 4) is 0 Å². The van der Waals surface area contributed by atoms with Crippen LogP contribution >= 0.6 is 11.8 Å². The van der Waals surface area contributed by atoms with Crippen LogP contribution in [0.15, 0.2) is 64.4 Å². The Morgan fingerprint density at radius 3 is 2.63 bits per heavy atom. The van der Waals surface area contributed by atoms with Crippen molar-refractivity contribution in [2.45, 2.75) is 44.0 Å². The Morgan fingerprint density at radius 1 is 1.10 bits per heavy atom. The van der Waals surface area contributed by atoms with E-state index in [9.17, 15) is 9.59 Å². The van der Waals surface area contributed by atoms with E-state index < -0.39 is 0 Å². The molecule has 30 heavy (non-hydrogen) atoms. The summed E-state index contributed by atoms with van der Waals surface area (Å²) in [5, 5.41) is 3.20. The molecular weight excluding hydrogens is 392 g/mol. The van der Waals surface area contributed by atoms with Crippen molar-refractivity contribution < 1.29 is 9.59 Å². The van der Waals surface area contributed by atoms with Gasteiger partial charge < -0.3 is 5.32 Å². The molecule has 2 aromatic carbocycles. The molecule has 4 nitrogen and oxygen atoms in total. The Labute approximate surface area is 182 Å². The molecule has 2 amide bonds. The Bertz CT molecular complexity index is 957. The fourth-order valence-corrected chi connectivity index (χ4v) is 5.36. The Morgan fingerprint density at radius 2 is 1.83 bits per heavy atom. The van der Waals surface area contributed by atoms with Crippen LogP contribution in [0.5, 0.6) is 0 Å². The molecule has 0 saturated heterocycles. The summed E-state index contributed by atoms with van der Waals surface area (Å²) in [5.74, 6) is 0.854. The van der Waals surface area contributed by atoms with E-state index in [1.54, 1.807) is 4.90 Å². The minimum atomic E-state index is -0.122. The molecule has 5 heteroatoms. The lowest BCUT2D eigenvalue weighted by atomic mass is 9.78. The zero-order chi connectivity index (χ0) is 21.1. The number of hydrogen-bond acceptors (Lipinski definition) is 3. The van der Waals surface area contributed by atoms with E-state index in [4.69, 9.17) is 0 Å². The number of nitrogens with zero attached hydrogens (tertiary/aromatic N) is 1. The van der Waals surface area contributed by atoms with Crippen molar-refractivity contribution in [3.63, 3.8) is 0 Å². The van der Waals surface area contributed by atoms with Gasteiger partial charge in [0.05, 0.1) is 10.6 Å². The molecule has 3 atom stereocenters. The maximum Gasteiger partial charge on any atom is 0.265 e. The largest absolute Gasteiger partial charge is 0.352 e. The van der Waals surface area contributed by atoms with Crippen molar-refractivity contribution in [2.24, 2.45) is 11.8 Å². The number of anilines is 1. The zero-order valence-corrected chi connectivity index (χ0v) is 18.3. The summed E-state index contributed by atoms with van der Waals surface area (Å²) >= 11 is 1.47. The standard InChI is InChI=1S/C25H28N2O2S/c1-17-9-8-12-20(18(17)2)26-24(28)16-27-21-13-6-7-14-22(21)30-23(25(27)29)15-19-10-4-3-5-11-19/h3-7,10-11,13-15,17-18,20H,8-9,12,16H2,1-2H3,(H,26,28)/b23-15-/t17-,18+,20-/m1/s1. The summed E-state index contributed by atoms with van der Waals surface area (Å²) in [6, 6.07) is 17.8. The second kappa shape index (κ2) is 9.09. The number of para-hydroxylation sites is 1. The van der Waals surface area contributed by atoms with Crippen molar-refractivity contribution in [1.82, 2.24) is 5.32 Å². The van der Waals surface area contributed by atoms with Crippen LogP contribution < -0.4 is 10.2 Å². The van der Waals surface area contributed by atoms with Gasteiger partial charge in [-0.05, 0) is 42.0 Å². The molecule has 0 aromatic heterocycles. The number of carbonyl (C=O) groups excluding carboxylic acids is 2. The molecular formula is C25H28N2O2S. The van der Waals surface area contributed by atoms with Gasteiger partial charge >= 0.3 is 0 Å². The first kappa shape index (κ1) is 20.7. The molecule has 1 aliphatic carbocycles. The Balaban J connectivity index is 1.55. The van der Waals surface area contributed by atoms with Crippen LogP contribution in [0.25, 0.3) is 6.08 Å². The Hall–Kier alpha value is -2.53. The van der Waals surface area contributed by atoms with Gasteiger partial charge in [-0.25, -0.2) is 0 Å². The molecule has 2 aromatic rings.